The molecule has 3 fully saturated rings. The van der Waals surface area contributed by atoms with Gasteiger partial charge in [0.1, 0.15) is 11.3 Å². The second-order valence-corrected chi connectivity index (χ2v) is 19.5. The molecule has 0 radical (unpaired) electrons. The number of halogens is 1. The lowest BCUT2D eigenvalue weighted by Gasteiger charge is -2.53. The Balaban J connectivity index is 1.19. The summed E-state index contributed by atoms with van der Waals surface area (Å²) >= 11 is 6.52. The molecule has 1 N–H and O–H groups in total. The minimum Gasteiger partial charge on any atom is -0.489 e. The molecule has 4 aliphatic heterocycles. The molecular formula is C41H56ClN5O5S. The van der Waals surface area contributed by atoms with E-state index < -0.39 is 21.2 Å². The Hall–Kier alpha value is -2.67. The van der Waals surface area contributed by atoms with E-state index in [2.05, 4.69) is 56.5 Å². The van der Waals surface area contributed by atoms with Crippen LogP contribution in [0, 0.1) is 17.8 Å². The number of allylic oxidation sites excluding steroid dienone is 1. The summed E-state index contributed by atoms with van der Waals surface area (Å²) in [4.78, 5) is 26.3. The van der Waals surface area contributed by atoms with Crippen LogP contribution < -0.4 is 14.4 Å². The zero-order chi connectivity index (χ0) is 37.0. The van der Waals surface area contributed by atoms with Gasteiger partial charge in [0.25, 0.3) is 5.91 Å². The lowest BCUT2D eigenvalue weighted by molar-refractivity contribution is -0.108. The Morgan fingerprint density at radius 3 is 2.83 bits per heavy atom. The van der Waals surface area contributed by atoms with Crippen LogP contribution >= 0.6 is 11.6 Å². The van der Waals surface area contributed by atoms with Crippen LogP contribution in [0.4, 0.5) is 5.82 Å². The Labute approximate surface area is 320 Å². The van der Waals surface area contributed by atoms with E-state index in [0.29, 0.717) is 43.1 Å². The number of pyridine rings is 1. The molecule has 5 heterocycles. The van der Waals surface area contributed by atoms with E-state index >= 15 is 0 Å². The molecular weight excluding hydrogens is 710 g/mol. The van der Waals surface area contributed by atoms with Gasteiger partial charge in [-0.05, 0) is 104 Å². The van der Waals surface area contributed by atoms with E-state index in [-0.39, 0.29) is 28.2 Å². The molecule has 1 aromatic heterocycles. The molecule has 1 aromatic carbocycles. The predicted molar refractivity (Wildman–Crippen MR) is 212 cm³/mol. The van der Waals surface area contributed by atoms with Gasteiger partial charge >= 0.3 is 0 Å². The van der Waals surface area contributed by atoms with Crippen molar-refractivity contribution in [2.24, 2.45) is 17.8 Å². The fourth-order valence-electron chi connectivity index (χ4n) is 10.1. The first-order valence-electron chi connectivity index (χ1n) is 19.6. The first-order chi connectivity index (χ1) is 25.5. The summed E-state index contributed by atoms with van der Waals surface area (Å²) in [5, 5.41) is 0.391. The topological polar surface area (TPSA) is 96.5 Å². The Kier molecular flexibility index (Phi) is 10.4. The van der Waals surface area contributed by atoms with Crippen LogP contribution in [0.5, 0.6) is 5.75 Å². The van der Waals surface area contributed by atoms with Gasteiger partial charge in [0.05, 0.1) is 29.5 Å². The van der Waals surface area contributed by atoms with E-state index in [1.54, 1.807) is 6.07 Å². The second-order valence-electron chi connectivity index (χ2n) is 16.7. The fraction of sp³-hybridized carbons (Fsp3) is 0.634. The van der Waals surface area contributed by atoms with Crippen LogP contribution in [0.2, 0.25) is 5.02 Å². The second kappa shape index (κ2) is 14.8. The van der Waals surface area contributed by atoms with Crippen LogP contribution in [0.25, 0.3) is 0 Å². The normalized spacial score (nSPS) is 37.2. The molecule has 12 heteroatoms. The fourth-order valence-corrected chi connectivity index (χ4v) is 11.7. The summed E-state index contributed by atoms with van der Waals surface area (Å²) < 4.78 is 36.2. The molecule has 8 rings (SSSR count). The number of morpholine rings is 1. The Morgan fingerprint density at radius 1 is 1.15 bits per heavy atom. The number of aromatic nitrogens is 1. The van der Waals surface area contributed by atoms with Gasteiger partial charge in [0, 0.05) is 74.7 Å². The van der Waals surface area contributed by atoms with Crippen molar-refractivity contribution < 1.29 is 23.2 Å². The molecule has 8 atom stereocenters. The van der Waals surface area contributed by atoms with Crippen molar-refractivity contribution in [3.05, 3.63) is 64.3 Å². The van der Waals surface area contributed by atoms with Crippen LogP contribution in [-0.4, -0.2) is 120 Å². The van der Waals surface area contributed by atoms with Crippen molar-refractivity contribution in [2.75, 3.05) is 77.6 Å². The van der Waals surface area contributed by atoms with Gasteiger partial charge in [-0.3, -0.25) is 19.3 Å². The van der Waals surface area contributed by atoms with Crippen LogP contribution in [0.3, 0.4) is 0 Å². The van der Waals surface area contributed by atoms with Gasteiger partial charge < -0.3 is 19.1 Å². The Morgan fingerprint density at radius 2 is 2.02 bits per heavy atom. The van der Waals surface area contributed by atoms with Crippen molar-refractivity contribution in [1.29, 1.82) is 0 Å². The number of hydrogen-bond donors (Lipinski definition) is 1. The third kappa shape index (κ3) is 7.15. The van der Waals surface area contributed by atoms with Gasteiger partial charge in [-0.1, -0.05) is 36.7 Å². The first kappa shape index (κ1) is 37.3. The number of ether oxygens (including phenoxy) is 3. The van der Waals surface area contributed by atoms with Crippen LogP contribution in [0.1, 0.15) is 67.6 Å². The van der Waals surface area contributed by atoms with E-state index in [1.165, 1.54) is 11.1 Å². The van der Waals surface area contributed by atoms with Gasteiger partial charge in [-0.2, -0.15) is 0 Å². The van der Waals surface area contributed by atoms with Gasteiger partial charge in [-0.15, -0.1) is 0 Å². The summed E-state index contributed by atoms with van der Waals surface area (Å²) in [6, 6.07) is 10.3. The summed E-state index contributed by atoms with van der Waals surface area (Å²) in [5.74, 6) is 5.52. The number of benzene rings is 1. The number of methoxy groups -OCH3 is 1. The standard InChI is InChI=1S/C41H56ClN5O5S/c1-28-7-5-16-41(50-3,26-45-17-18-46-19-20-51-24-33(46)23-45)35-11-9-31(35)22-47-25-40(15-6-8-30-21-32(42)10-12-34(30)40)27-52-37-14-13-36(43-38(37)47)39(48)44-53(4,49)29(28)2/h5,10,12-14,16,21,28-29,31,33,35H,4,6-9,11,15,17-20,22-27H2,1-3H3,(H,44,48,49)/b16-5+/t28-,29+,31-,33-,35+,40-,41+,53?/m0/s1. The summed E-state index contributed by atoms with van der Waals surface area (Å²) in [7, 11) is -1.12. The first-order valence-corrected chi connectivity index (χ1v) is 21.8. The zero-order valence-electron chi connectivity index (χ0n) is 31.6. The van der Waals surface area contributed by atoms with Crippen molar-refractivity contribution in [3.8, 4) is 5.75 Å². The average molecular weight is 766 g/mol. The maximum absolute atomic E-state index is 14.0. The van der Waals surface area contributed by atoms with Gasteiger partial charge in [-0.25, -0.2) is 9.19 Å². The molecule has 2 bridgehead atoms. The molecule has 1 spiro atoms. The highest BCUT2D eigenvalue weighted by Gasteiger charge is 2.50. The number of anilines is 1. The number of hydrogen-bond acceptors (Lipinski definition) is 9. The highest BCUT2D eigenvalue weighted by Crippen LogP contribution is 2.49. The van der Waals surface area contributed by atoms with E-state index in [4.69, 9.17) is 30.8 Å². The smallest absolute Gasteiger partial charge is 0.281 e. The lowest BCUT2D eigenvalue weighted by atomic mass is 9.63. The number of carbonyl (C=O) groups excluding carboxylic acids is 1. The average Bonchev–Trinajstić information content (AvgIpc) is 3.28. The van der Waals surface area contributed by atoms with Crippen LogP contribution in [0.15, 0.2) is 42.5 Å². The van der Waals surface area contributed by atoms with E-state index in [0.717, 1.165) is 89.6 Å². The molecule has 53 heavy (non-hydrogen) atoms. The zero-order valence-corrected chi connectivity index (χ0v) is 33.1. The third-order valence-electron chi connectivity index (χ3n) is 13.6. The maximum atomic E-state index is 14.0. The highest BCUT2D eigenvalue weighted by atomic mass is 35.5. The molecule has 288 valence electrons. The molecule has 6 aliphatic rings. The lowest BCUT2D eigenvalue weighted by Crippen LogP contribution is -2.62. The SMILES string of the molecule is C=S1(=O)NC(=O)c2ccc3c(n2)N(C[C@@H]2CC[C@H]2[C@@](CN2CCN4CCOC[C@@H]4C2)(OC)/C=C/C[C@H](C)[C@H]1C)C[C@@]1(CCCc2cc(Cl)ccc21)CO3. The summed E-state index contributed by atoms with van der Waals surface area (Å²) in [5.41, 5.74) is 2.01. The number of rotatable bonds is 3. The number of nitrogens with one attached hydrogen (secondary N) is 1. The third-order valence-corrected chi connectivity index (χ3v) is 16.0. The van der Waals surface area contributed by atoms with Crippen LogP contribution in [-0.2, 0) is 31.0 Å². The molecule has 1 unspecified atom stereocenters. The minimum absolute atomic E-state index is 0.00692. The number of nitrogens with zero attached hydrogens (tertiary/aromatic N) is 4. The summed E-state index contributed by atoms with van der Waals surface area (Å²) in [6.07, 6.45) is 10.4. The summed E-state index contributed by atoms with van der Waals surface area (Å²) in [6.45, 7) is 12.4. The number of fused-ring (bicyclic) bond motifs is 5. The molecule has 2 saturated heterocycles. The largest absolute Gasteiger partial charge is 0.489 e. The van der Waals surface area contributed by atoms with Gasteiger partial charge in [0.15, 0.2) is 11.6 Å². The molecule has 2 aromatic rings. The van der Waals surface area contributed by atoms with E-state index in [1.807, 2.05) is 26.2 Å². The molecule has 2 aliphatic carbocycles. The van der Waals surface area contributed by atoms with Gasteiger partial charge in [0.2, 0.25) is 0 Å². The number of carbonyl (C=O) groups is 1. The monoisotopic (exact) mass is 765 g/mol. The van der Waals surface area contributed by atoms with Crippen molar-refractivity contribution in [3.63, 3.8) is 0 Å². The van der Waals surface area contributed by atoms with Crippen molar-refractivity contribution in [1.82, 2.24) is 19.5 Å². The maximum Gasteiger partial charge on any atom is 0.281 e. The Bertz CT molecular complexity index is 1840. The molecule has 1 saturated carbocycles. The minimum atomic E-state index is -3.00. The number of aryl methyl sites for hydroxylation is 1. The predicted octanol–water partition coefficient (Wildman–Crippen LogP) is 4.98. The highest BCUT2D eigenvalue weighted by molar-refractivity contribution is 7.99. The number of piperazine rings is 1. The number of amides is 1. The molecule has 1 amide bonds. The van der Waals surface area contributed by atoms with E-state index in [9.17, 15) is 9.00 Å². The molecule has 10 nitrogen and oxygen atoms in total. The van der Waals surface area contributed by atoms with Crippen molar-refractivity contribution in [2.45, 2.75) is 74.7 Å². The van der Waals surface area contributed by atoms with Crippen molar-refractivity contribution >= 4 is 38.9 Å². The quantitative estimate of drug-likeness (QED) is 0.343.